The van der Waals surface area contributed by atoms with E-state index >= 15 is 0 Å². The summed E-state index contributed by atoms with van der Waals surface area (Å²) < 4.78 is 5.50. The average Bonchev–Trinajstić information content (AvgIpc) is 2.60. The molecule has 2 rings (SSSR count). The minimum atomic E-state index is -0.472. The van der Waals surface area contributed by atoms with Crippen molar-refractivity contribution in [1.82, 2.24) is 9.80 Å². The second-order valence-corrected chi connectivity index (χ2v) is 6.15. The van der Waals surface area contributed by atoms with Crippen LogP contribution in [0.15, 0.2) is 36.9 Å². The molecule has 0 saturated carbocycles. The van der Waals surface area contributed by atoms with Crippen LogP contribution in [0.4, 0.5) is 0 Å². The molecule has 1 unspecified atom stereocenters. The molecule has 1 heterocycles. The summed E-state index contributed by atoms with van der Waals surface area (Å²) in [6, 6.07) is 6.92. The molecule has 1 aliphatic heterocycles. The predicted octanol–water partition coefficient (Wildman–Crippen LogP) is 2.61. The largest absolute Gasteiger partial charge is 0.368 e. The summed E-state index contributed by atoms with van der Waals surface area (Å²) in [4.78, 5) is 28.3. The van der Waals surface area contributed by atoms with Gasteiger partial charge < -0.3 is 14.5 Å². The van der Waals surface area contributed by atoms with Crippen LogP contribution in [-0.2, 0) is 9.53 Å². The normalized spacial score (nSPS) is 15.9. The molecule has 5 nitrogen and oxygen atoms in total. The highest BCUT2D eigenvalue weighted by Crippen LogP contribution is 2.14. The molecule has 0 bridgehead atoms. The minimum absolute atomic E-state index is 0.0334. The first-order valence-electron chi connectivity index (χ1n) is 8.09. The van der Waals surface area contributed by atoms with Gasteiger partial charge in [0, 0.05) is 36.8 Å². The molecule has 1 saturated heterocycles. The van der Waals surface area contributed by atoms with Crippen LogP contribution in [0.5, 0.6) is 0 Å². The molecule has 1 aromatic rings. The van der Waals surface area contributed by atoms with Crippen molar-refractivity contribution in [1.29, 1.82) is 0 Å². The minimum Gasteiger partial charge on any atom is -0.368 e. The van der Waals surface area contributed by atoms with Crippen molar-refractivity contribution in [2.75, 3.05) is 32.8 Å². The van der Waals surface area contributed by atoms with Crippen LogP contribution >= 0.6 is 11.6 Å². The number of nitrogens with zero attached hydrogens (tertiary/aromatic N) is 2. The summed E-state index contributed by atoms with van der Waals surface area (Å²) in [6.07, 6.45) is 2.01. The van der Waals surface area contributed by atoms with Crippen LogP contribution in [-0.4, -0.2) is 60.5 Å². The Morgan fingerprint density at radius 2 is 1.96 bits per heavy atom. The van der Waals surface area contributed by atoms with E-state index in [4.69, 9.17) is 16.3 Å². The van der Waals surface area contributed by atoms with Crippen molar-refractivity contribution in [3.8, 4) is 0 Å². The van der Waals surface area contributed by atoms with Gasteiger partial charge in [0.15, 0.2) is 0 Å². The lowest BCUT2D eigenvalue weighted by Gasteiger charge is -2.36. The number of ether oxygens (including phenoxy) is 1. The molecule has 1 fully saturated rings. The lowest BCUT2D eigenvalue weighted by atomic mass is 10.1. The van der Waals surface area contributed by atoms with Gasteiger partial charge in [-0.15, -0.1) is 6.58 Å². The third-order valence-electron chi connectivity index (χ3n) is 3.99. The molecule has 0 N–H and O–H groups in total. The molecule has 0 spiro atoms. The maximum absolute atomic E-state index is 12.5. The van der Waals surface area contributed by atoms with E-state index in [2.05, 4.69) is 6.58 Å². The first kappa shape index (κ1) is 18.5. The third kappa shape index (κ3) is 4.82. The first-order valence-corrected chi connectivity index (χ1v) is 8.47. The topological polar surface area (TPSA) is 49.9 Å². The van der Waals surface area contributed by atoms with Gasteiger partial charge in [-0.05, 0) is 31.5 Å². The highest BCUT2D eigenvalue weighted by atomic mass is 35.5. The molecule has 0 radical (unpaired) electrons. The van der Waals surface area contributed by atoms with E-state index in [1.807, 2.05) is 0 Å². The van der Waals surface area contributed by atoms with Gasteiger partial charge in [0.05, 0.1) is 6.61 Å². The molecule has 2 amide bonds. The maximum Gasteiger partial charge on any atom is 0.254 e. The van der Waals surface area contributed by atoms with E-state index in [9.17, 15) is 9.59 Å². The summed E-state index contributed by atoms with van der Waals surface area (Å²) in [6.45, 7) is 7.92. The highest BCUT2D eigenvalue weighted by molar-refractivity contribution is 6.30. The van der Waals surface area contributed by atoms with Crippen molar-refractivity contribution in [2.45, 2.75) is 19.4 Å². The van der Waals surface area contributed by atoms with Crippen LogP contribution in [0.2, 0.25) is 5.02 Å². The van der Waals surface area contributed by atoms with E-state index in [1.54, 1.807) is 47.1 Å². The number of rotatable bonds is 6. The molecular weight excluding hydrogens is 328 g/mol. The zero-order chi connectivity index (χ0) is 17.5. The number of carbonyl (C=O) groups is 2. The summed E-state index contributed by atoms with van der Waals surface area (Å²) in [5.74, 6) is -0.0891. The average molecular weight is 351 g/mol. The fourth-order valence-corrected chi connectivity index (χ4v) is 2.78. The van der Waals surface area contributed by atoms with Crippen molar-refractivity contribution < 1.29 is 14.3 Å². The van der Waals surface area contributed by atoms with Crippen LogP contribution in [0, 0.1) is 0 Å². The quantitative estimate of drug-likeness (QED) is 0.585. The summed E-state index contributed by atoms with van der Waals surface area (Å²) in [7, 11) is 0. The number of piperazine rings is 1. The molecular formula is C18H23ClN2O3. The van der Waals surface area contributed by atoms with Crippen LogP contribution in [0.3, 0.4) is 0 Å². The molecule has 0 aromatic heterocycles. The second-order valence-electron chi connectivity index (χ2n) is 5.72. The monoisotopic (exact) mass is 350 g/mol. The van der Waals surface area contributed by atoms with Gasteiger partial charge >= 0.3 is 0 Å². The van der Waals surface area contributed by atoms with Crippen LogP contribution < -0.4 is 0 Å². The summed E-state index contributed by atoms with van der Waals surface area (Å²) in [5, 5.41) is 0.542. The fourth-order valence-electron chi connectivity index (χ4n) is 2.59. The van der Waals surface area contributed by atoms with Gasteiger partial charge in [0.25, 0.3) is 11.8 Å². The second kappa shape index (κ2) is 8.85. The molecule has 24 heavy (non-hydrogen) atoms. The lowest BCUT2D eigenvalue weighted by Crippen LogP contribution is -2.52. The van der Waals surface area contributed by atoms with Crippen molar-refractivity contribution in [3.05, 3.63) is 47.5 Å². The number of carbonyl (C=O) groups excluding carboxylic acids is 2. The van der Waals surface area contributed by atoms with E-state index in [-0.39, 0.29) is 11.8 Å². The Morgan fingerprint density at radius 1 is 1.29 bits per heavy atom. The van der Waals surface area contributed by atoms with Gasteiger partial charge in [0.2, 0.25) is 0 Å². The smallest absolute Gasteiger partial charge is 0.254 e. The van der Waals surface area contributed by atoms with Crippen molar-refractivity contribution >= 4 is 23.4 Å². The van der Waals surface area contributed by atoms with E-state index in [0.29, 0.717) is 43.4 Å². The standard InChI is InChI=1S/C18H23ClN2O3/c1-3-4-12-24-14(2)17(22)20-8-10-21(11-9-20)18(23)15-6-5-7-16(19)13-15/h3,5-7,13-14H,1,4,8-12H2,2H3. The Labute approximate surface area is 147 Å². The Morgan fingerprint density at radius 3 is 2.58 bits per heavy atom. The SMILES string of the molecule is C=CCCOC(C)C(=O)N1CCN(C(=O)c2cccc(Cl)c2)CC1. The maximum atomic E-state index is 12.5. The molecule has 1 aliphatic rings. The van der Waals surface area contributed by atoms with Crippen LogP contribution in [0.1, 0.15) is 23.7 Å². The van der Waals surface area contributed by atoms with Gasteiger partial charge in [-0.2, -0.15) is 0 Å². The van der Waals surface area contributed by atoms with Gasteiger partial charge in [-0.3, -0.25) is 9.59 Å². The van der Waals surface area contributed by atoms with Crippen molar-refractivity contribution in [2.24, 2.45) is 0 Å². The Kier molecular flexibility index (Phi) is 6.82. The number of hydrogen-bond acceptors (Lipinski definition) is 3. The predicted molar refractivity (Wildman–Crippen MR) is 94.2 cm³/mol. The van der Waals surface area contributed by atoms with Gasteiger partial charge in [0.1, 0.15) is 6.10 Å². The van der Waals surface area contributed by atoms with Crippen molar-refractivity contribution in [3.63, 3.8) is 0 Å². The van der Waals surface area contributed by atoms with E-state index in [1.165, 1.54) is 0 Å². The molecule has 1 atom stereocenters. The number of halogens is 1. The lowest BCUT2D eigenvalue weighted by molar-refractivity contribution is -0.144. The molecule has 1 aromatic carbocycles. The molecule has 0 aliphatic carbocycles. The fraction of sp³-hybridized carbons (Fsp3) is 0.444. The zero-order valence-corrected chi connectivity index (χ0v) is 14.7. The zero-order valence-electron chi connectivity index (χ0n) is 13.9. The Hall–Kier alpha value is -1.85. The number of hydrogen-bond donors (Lipinski definition) is 0. The molecule has 130 valence electrons. The summed E-state index contributed by atoms with van der Waals surface area (Å²) >= 11 is 5.94. The Balaban J connectivity index is 1.85. The van der Waals surface area contributed by atoms with Gasteiger partial charge in [-0.25, -0.2) is 0 Å². The van der Waals surface area contributed by atoms with Gasteiger partial charge in [-0.1, -0.05) is 23.7 Å². The number of amides is 2. The summed E-state index contributed by atoms with van der Waals surface area (Å²) in [5.41, 5.74) is 0.573. The van der Waals surface area contributed by atoms with E-state index < -0.39 is 6.10 Å². The Bertz CT molecular complexity index is 598. The molecule has 6 heteroatoms. The number of benzene rings is 1. The van der Waals surface area contributed by atoms with E-state index in [0.717, 1.165) is 6.42 Å². The third-order valence-corrected chi connectivity index (χ3v) is 4.22. The van der Waals surface area contributed by atoms with Crippen LogP contribution in [0.25, 0.3) is 0 Å². The first-order chi connectivity index (χ1) is 11.5. The highest BCUT2D eigenvalue weighted by Gasteiger charge is 2.27.